The summed E-state index contributed by atoms with van der Waals surface area (Å²) in [5, 5.41) is 3.59. The van der Waals surface area contributed by atoms with Crippen LogP contribution >= 0.6 is 11.3 Å². The average Bonchev–Trinajstić information content (AvgIpc) is 2.69. The molecule has 0 aliphatic carbocycles. The molecule has 1 aromatic rings. The van der Waals surface area contributed by atoms with E-state index in [0.717, 1.165) is 4.88 Å². The summed E-state index contributed by atoms with van der Waals surface area (Å²) in [4.78, 5) is 26.6. The number of rotatable bonds is 7. The van der Waals surface area contributed by atoms with Gasteiger partial charge in [0.05, 0.1) is 13.7 Å². The van der Waals surface area contributed by atoms with E-state index in [2.05, 4.69) is 15.0 Å². The van der Waals surface area contributed by atoms with Gasteiger partial charge in [-0.2, -0.15) is 0 Å². The maximum absolute atomic E-state index is 11.3. The molecular formula is C10H15N3O4S. The van der Waals surface area contributed by atoms with Crippen LogP contribution in [0.25, 0.3) is 0 Å². The molecular weight excluding hydrogens is 258 g/mol. The Hall–Kier alpha value is -1.67. The van der Waals surface area contributed by atoms with Crippen LogP contribution in [-0.2, 0) is 14.3 Å². The van der Waals surface area contributed by atoms with Gasteiger partial charge >= 0.3 is 5.97 Å². The number of ether oxygens (including phenoxy) is 2. The van der Waals surface area contributed by atoms with E-state index in [-0.39, 0.29) is 6.61 Å². The molecule has 0 unspecified atom stereocenters. The summed E-state index contributed by atoms with van der Waals surface area (Å²) in [6.07, 6.45) is 0. The van der Waals surface area contributed by atoms with Crippen molar-refractivity contribution < 1.29 is 19.1 Å². The number of nitrogens with one attached hydrogen (secondary N) is 1. The fourth-order valence-electron chi connectivity index (χ4n) is 1.16. The summed E-state index contributed by atoms with van der Waals surface area (Å²) in [6.45, 7) is 2.49. The normalized spacial score (nSPS) is 10.1. The van der Waals surface area contributed by atoms with Crippen molar-refractivity contribution in [1.29, 1.82) is 0 Å². The molecule has 7 nitrogen and oxygen atoms in total. The molecule has 0 bridgehead atoms. The van der Waals surface area contributed by atoms with E-state index in [4.69, 9.17) is 10.5 Å². The molecule has 0 spiro atoms. The quantitative estimate of drug-likeness (QED) is 0.541. The van der Waals surface area contributed by atoms with Gasteiger partial charge in [0.1, 0.15) is 6.61 Å². The van der Waals surface area contributed by atoms with Crippen LogP contribution in [0.15, 0.2) is 0 Å². The first kappa shape index (κ1) is 14.4. The Balaban J connectivity index is 2.39. The molecule has 0 saturated heterocycles. The number of esters is 1. The largest absolute Gasteiger partial charge is 0.464 e. The summed E-state index contributed by atoms with van der Waals surface area (Å²) in [7, 11) is 1.31. The van der Waals surface area contributed by atoms with E-state index in [1.54, 1.807) is 6.92 Å². The average molecular weight is 273 g/mol. The van der Waals surface area contributed by atoms with Crippen molar-refractivity contribution in [3.8, 4) is 0 Å². The molecule has 100 valence electrons. The van der Waals surface area contributed by atoms with Crippen LogP contribution in [0.1, 0.15) is 15.4 Å². The smallest absolute Gasteiger partial charge is 0.357 e. The number of anilines is 1. The van der Waals surface area contributed by atoms with Gasteiger partial charge in [0.25, 0.3) is 0 Å². The number of aryl methyl sites for hydroxylation is 1. The molecule has 0 aliphatic heterocycles. The number of carbonyl (C=O) groups is 2. The van der Waals surface area contributed by atoms with Crippen molar-refractivity contribution in [2.75, 3.05) is 32.2 Å². The van der Waals surface area contributed by atoms with E-state index in [0.29, 0.717) is 24.0 Å². The van der Waals surface area contributed by atoms with Crippen molar-refractivity contribution >= 4 is 28.3 Å². The van der Waals surface area contributed by atoms with Crippen LogP contribution in [0.5, 0.6) is 0 Å². The summed E-state index contributed by atoms with van der Waals surface area (Å²) in [6, 6.07) is 0. The number of methoxy groups -OCH3 is 1. The molecule has 1 rings (SSSR count). The highest BCUT2D eigenvalue weighted by atomic mass is 32.1. The highest BCUT2D eigenvalue weighted by Gasteiger charge is 2.15. The Morgan fingerprint density at radius 3 is 2.83 bits per heavy atom. The van der Waals surface area contributed by atoms with Gasteiger partial charge in [-0.15, -0.1) is 11.3 Å². The zero-order chi connectivity index (χ0) is 13.5. The molecule has 0 aliphatic rings. The van der Waals surface area contributed by atoms with Gasteiger partial charge in [0, 0.05) is 11.4 Å². The second kappa shape index (κ2) is 6.92. The molecule has 1 heterocycles. The molecule has 1 aromatic heterocycles. The third-order valence-electron chi connectivity index (χ3n) is 1.94. The van der Waals surface area contributed by atoms with E-state index >= 15 is 0 Å². The van der Waals surface area contributed by atoms with Crippen molar-refractivity contribution in [3.05, 3.63) is 10.6 Å². The maximum Gasteiger partial charge on any atom is 0.357 e. The summed E-state index contributed by atoms with van der Waals surface area (Å²) in [5.74, 6) is -0.963. The Labute approximate surface area is 108 Å². The molecule has 0 aromatic carbocycles. The molecule has 0 saturated carbocycles. The third-order valence-corrected chi connectivity index (χ3v) is 2.87. The lowest BCUT2D eigenvalue weighted by atomic mass is 10.4. The van der Waals surface area contributed by atoms with Crippen LogP contribution in [-0.4, -0.2) is 43.7 Å². The molecule has 0 radical (unpaired) electrons. The van der Waals surface area contributed by atoms with Crippen molar-refractivity contribution in [2.24, 2.45) is 5.73 Å². The molecule has 0 fully saturated rings. The van der Waals surface area contributed by atoms with Gasteiger partial charge in [-0.25, -0.2) is 9.78 Å². The Kier molecular flexibility index (Phi) is 5.53. The topological polar surface area (TPSA) is 104 Å². The zero-order valence-electron chi connectivity index (χ0n) is 10.2. The van der Waals surface area contributed by atoms with E-state index < -0.39 is 11.9 Å². The van der Waals surface area contributed by atoms with Crippen LogP contribution < -0.4 is 11.1 Å². The number of carbonyl (C=O) groups excluding carboxylic acids is 2. The maximum atomic E-state index is 11.3. The van der Waals surface area contributed by atoms with Crippen LogP contribution in [0, 0.1) is 6.92 Å². The first-order valence-corrected chi connectivity index (χ1v) is 6.02. The lowest BCUT2D eigenvalue weighted by Gasteiger charge is -2.02. The third kappa shape index (κ3) is 4.30. The lowest BCUT2D eigenvalue weighted by Crippen LogP contribution is -2.20. The van der Waals surface area contributed by atoms with Crippen LogP contribution in [0.3, 0.4) is 0 Å². The van der Waals surface area contributed by atoms with E-state index in [9.17, 15) is 9.59 Å². The van der Waals surface area contributed by atoms with Crippen LogP contribution in [0.2, 0.25) is 0 Å². The van der Waals surface area contributed by atoms with Gasteiger partial charge in [0.2, 0.25) is 5.91 Å². The van der Waals surface area contributed by atoms with Gasteiger partial charge in [0.15, 0.2) is 10.8 Å². The second-order valence-electron chi connectivity index (χ2n) is 3.36. The first-order valence-electron chi connectivity index (χ1n) is 5.20. The minimum atomic E-state index is -0.506. The predicted octanol–water partition coefficient (Wildman–Crippen LogP) is 0.152. The number of thiazole rings is 1. The van der Waals surface area contributed by atoms with E-state index in [1.165, 1.54) is 18.4 Å². The minimum absolute atomic E-state index is 0.105. The lowest BCUT2D eigenvalue weighted by molar-refractivity contribution is -0.122. The number of amides is 1. The number of hydrogen-bond donors (Lipinski definition) is 2. The Bertz CT molecular complexity index is 433. The highest BCUT2D eigenvalue weighted by Crippen LogP contribution is 2.22. The summed E-state index contributed by atoms with van der Waals surface area (Å²) < 4.78 is 9.57. The van der Waals surface area contributed by atoms with Gasteiger partial charge in [-0.05, 0) is 6.92 Å². The number of aromatic nitrogens is 1. The standard InChI is InChI=1S/C10H15N3O4S/c1-6-8(9(15)16-2)13-10(18-6)12-3-4-17-5-7(11)14/h3-5H2,1-2H3,(H2,11,14)(H,12,13). The van der Waals surface area contributed by atoms with Crippen molar-refractivity contribution in [3.63, 3.8) is 0 Å². The number of hydrogen-bond acceptors (Lipinski definition) is 7. The molecule has 1 amide bonds. The van der Waals surface area contributed by atoms with Gasteiger partial charge in [-0.1, -0.05) is 0 Å². The monoisotopic (exact) mass is 273 g/mol. The summed E-state index contributed by atoms with van der Waals surface area (Å²) >= 11 is 1.35. The predicted molar refractivity (Wildman–Crippen MR) is 66.7 cm³/mol. The molecule has 8 heteroatoms. The Morgan fingerprint density at radius 2 is 2.22 bits per heavy atom. The number of nitrogens with zero attached hydrogens (tertiary/aromatic N) is 1. The van der Waals surface area contributed by atoms with E-state index in [1.807, 2.05) is 0 Å². The Morgan fingerprint density at radius 1 is 1.50 bits per heavy atom. The van der Waals surface area contributed by atoms with Crippen LogP contribution in [0.4, 0.5) is 5.13 Å². The number of nitrogens with two attached hydrogens (primary N) is 1. The SMILES string of the molecule is COC(=O)c1nc(NCCOCC(N)=O)sc1C. The zero-order valence-corrected chi connectivity index (χ0v) is 11.0. The number of primary amides is 1. The molecule has 18 heavy (non-hydrogen) atoms. The van der Waals surface area contributed by atoms with Crippen molar-refractivity contribution in [2.45, 2.75) is 6.92 Å². The first-order chi connectivity index (χ1) is 8.54. The molecule has 3 N–H and O–H groups in total. The van der Waals surface area contributed by atoms with Gasteiger partial charge < -0.3 is 20.5 Å². The fraction of sp³-hybridized carbons (Fsp3) is 0.500. The summed E-state index contributed by atoms with van der Waals surface area (Å²) in [5.41, 5.74) is 5.22. The fourth-order valence-corrected chi connectivity index (χ4v) is 1.99. The van der Waals surface area contributed by atoms with Crippen molar-refractivity contribution in [1.82, 2.24) is 4.98 Å². The molecule has 0 atom stereocenters. The van der Waals surface area contributed by atoms with Gasteiger partial charge in [-0.3, -0.25) is 4.79 Å². The minimum Gasteiger partial charge on any atom is -0.464 e. The second-order valence-corrected chi connectivity index (χ2v) is 4.56. The highest BCUT2D eigenvalue weighted by molar-refractivity contribution is 7.15.